The molecule has 2 N–H and O–H groups in total. The molecule has 3 heterocycles. The molecule has 0 radical (unpaired) electrons. The van der Waals surface area contributed by atoms with E-state index in [9.17, 15) is 14.4 Å². The van der Waals surface area contributed by atoms with E-state index in [0.717, 1.165) is 29.1 Å². The number of allylic oxidation sites excluding steroid dienone is 8. The van der Waals surface area contributed by atoms with Gasteiger partial charge in [0.1, 0.15) is 11.4 Å². The van der Waals surface area contributed by atoms with Gasteiger partial charge < -0.3 is 10.2 Å². The fourth-order valence-corrected chi connectivity index (χ4v) is 7.72. The molecule has 1 saturated heterocycles. The van der Waals surface area contributed by atoms with Crippen molar-refractivity contribution in [1.82, 2.24) is 15.1 Å². The van der Waals surface area contributed by atoms with E-state index in [0.29, 0.717) is 30.4 Å². The van der Waals surface area contributed by atoms with Crippen LogP contribution < -0.4 is 20.0 Å². The zero-order valence-corrected chi connectivity index (χ0v) is 27.2. The van der Waals surface area contributed by atoms with Crippen molar-refractivity contribution in [3.05, 3.63) is 132 Å². The third kappa shape index (κ3) is 4.99. The minimum Gasteiger partial charge on any atom is -0.351 e. The van der Waals surface area contributed by atoms with Crippen molar-refractivity contribution >= 4 is 29.0 Å². The number of Topliss-reactive ketones (excluding diaryl/α,β-unsaturated/α-hetero) is 1. The lowest BCUT2D eigenvalue weighted by Crippen LogP contribution is -2.38. The largest absolute Gasteiger partial charge is 0.351 e. The predicted molar refractivity (Wildman–Crippen MR) is 185 cm³/mol. The molecule has 2 aromatic carbocycles. The van der Waals surface area contributed by atoms with E-state index in [1.54, 1.807) is 0 Å². The predicted octanol–water partition coefficient (Wildman–Crippen LogP) is 6.01. The summed E-state index contributed by atoms with van der Waals surface area (Å²) < 4.78 is 0.578. The van der Waals surface area contributed by atoms with Gasteiger partial charge in [-0.15, -0.1) is 0 Å². The Morgan fingerprint density at radius 2 is 1.50 bits per heavy atom. The number of para-hydroxylation sites is 2. The van der Waals surface area contributed by atoms with Gasteiger partial charge in [0.2, 0.25) is 18.0 Å². The van der Waals surface area contributed by atoms with Crippen molar-refractivity contribution in [3.8, 4) is 0 Å². The Labute approximate surface area is 271 Å². The lowest BCUT2D eigenvalue weighted by atomic mass is 9.83. The lowest BCUT2D eigenvalue weighted by Gasteiger charge is -2.27. The van der Waals surface area contributed by atoms with Gasteiger partial charge in [0, 0.05) is 46.6 Å². The summed E-state index contributed by atoms with van der Waals surface area (Å²) >= 11 is 0. The molecule has 0 bridgehead atoms. The van der Waals surface area contributed by atoms with Crippen LogP contribution in [-0.4, -0.2) is 43.4 Å². The number of nitrogens with zero attached hydrogens (tertiary/aromatic N) is 2. The number of benzene rings is 2. The summed E-state index contributed by atoms with van der Waals surface area (Å²) in [6.45, 7) is 17.9. The summed E-state index contributed by atoms with van der Waals surface area (Å²) in [6, 6.07) is 16.8. The number of carbonyl (C=O) groups excluding carboxylic acids is 3. The number of hydrogen-bond acceptors (Lipinski definition) is 4. The first-order chi connectivity index (χ1) is 22.0. The van der Waals surface area contributed by atoms with Crippen LogP contribution in [0.5, 0.6) is 0 Å². The van der Waals surface area contributed by atoms with Crippen LogP contribution in [0, 0.1) is 0 Å². The first kappa shape index (κ1) is 31.2. The van der Waals surface area contributed by atoms with Gasteiger partial charge in [0.15, 0.2) is 12.3 Å². The molecule has 1 spiro atoms. The molecule has 6 rings (SSSR count). The molecule has 4 aliphatic rings. The second-order valence-corrected chi connectivity index (χ2v) is 13.5. The molecule has 2 fully saturated rings. The molecule has 3 aliphatic heterocycles. The molecule has 46 heavy (non-hydrogen) atoms. The fraction of sp³-hybridized carbons (Fsp3) is 0.308. The first-order valence-electron chi connectivity index (χ1n) is 16.0. The van der Waals surface area contributed by atoms with Crippen molar-refractivity contribution in [2.75, 3.05) is 24.5 Å². The van der Waals surface area contributed by atoms with E-state index in [1.165, 1.54) is 34.7 Å². The van der Waals surface area contributed by atoms with Gasteiger partial charge in [0.05, 0.1) is 5.41 Å². The zero-order valence-electron chi connectivity index (χ0n) is 27.2. The number of carbonyl (C=O) groups is 3. The van der Waals surface area contributed by atoms with Crippen LogP contribution in [0.3, 0.4) is 0 Å². The molecule has 7 heteroatoms. The van der Waals surface area contributed by atoms with Gasteiger partial charge in [-0.25, -0.2) is 4.48 Å². The van der Waals surface area contributed by atoms with Crippen LogP contribution in [0.25, 0.3) is 0 Å². The van der Waals surface area contributed by atoms with E-state index in [2.05, 4.69) is 111 Å². The number of quaternary nitrogens is 1. The van der Waals surface area contributed by atoms with Gasteiger partial charge in [-0.1, -0.05) is 69.5 Å². The van der Waals surface area contributed by atoms with Crippen molar-refractivity contribution in [1.29, 1.82) is 0 Å². The van der Waals surface area contributed by atoms with E-state index in [4.69, 9.17) is 0 Å². The minimum absolute atomic E-state index is 0.0636. The van der Waals surface area contributed by atoms with E-state index >= 15 is 0 Å². The van der Waals surface area contributed by atoms with E-state index < -0.39 is 0 Å². The van der Waals surface area contributed by atoms with Crippen molar-refractivity contribution in [2.24, 2.45) is 0 Å². The molecule has 7 nitrogen and oxygen atoms in total. The zero-order chi connectivity index (χ0) is 32.9. The van der Waals surface area contributed by atoms with Crippen molar-refractivity contribution < 1.29 is 14.4 Å². The highest BCUT2D eigenvalue weighted by Gasteiger charge is 2.69. The summed E-state index contributed by atoms with van der Waals surface area (Å²) in [6.07, 6.45) is 12.1. The van der Waals surface area contributed by atoms with Gasteiger partial charge in [-0.3, -0.25) is 19.7 Å². The summed E-state index contributed by atoms with van der Waals surface area (Å²) in [5.41, 5.74) is 8.11. The molecule has 236 valence electrons. The number of fused-ring (bicyclic) bond motifs is 3. The van der Waals surface area contributed by atoms with Gasteiger partial charge in [-0.05, 0) is 74.8 Å². The van der Waals surface area contributed by atoms with Crippen LogP contribution >= 0.6 is 0 Å². The number of anilines is 1. The maximum Gasteiger partial charge on any atom is 0.248 e. The first-order valence-corrected chi connectivity index (χ1v) is 16.0. The van der Waals surface area contributed by atoms with Crippen LogP contribution in [0.2, 0.25) is 0 Å². The highest BCUT2D eigenvalue weighted by molar-refractivity contribution is 6.11. The molecule has 2 amide bonds. The standard InChI is InChI=1S/C39H42N4O3/c1-7-35(44)40-23-24-42-30-15-11-9-13-28(30)38(3,4)32(42)21-19-26-17-18-27(37(26)46)20-22-33-39(5,6)29-14-10-12-16-31(29)43(33)25-34(43)41-36(45)8-2/h7-16,19-22,34H,1-2,17-18,23-25H2,3-6H3,(H-,40,41,44,45)/p+1. The number of rotatable bonds is 8. The van der Waals surface area contributed by atoms with Crippen molar-refractivity contribution in [3.63, 3.8) is 0 Å². The molecule has 2 unspecified atom stereocenters. The van der Waals surface area contributed by atoms with Gasteiger partial charge >= 0.3 is 0 Å². The fourth-order valence-electron chi connectivity index (χ4n) is 7.72. The molecular weight excluding hydrogens is 572 g/mol. The van der Waals surface area contributed by atoms with Gasteiger partial charge in [0.25, 0.3) is 0 Å². The van der Waals surface area contributed by atoms with Crippen LogP contribution in [0.1, 0.15) is 51.7 Å². The van der Waals surface area contributed by atoms with E-state index in [1.807, 2.05) is 18.2 Å². The highest BCUT2D eigenvalue weighted by atomic mass is 16.2. The number of nitrogens with one attached hydrogen (secondary N) is 2. The van der Waals surface area contributed by atoms with Crippen LogP contribution in [0.15, 0.2) is 121 Å². The van der Waals surface area contributed by atoms with E-state index in [-0.39, 0.29) is 34.6 Å². The minimum atomic E-state index is -0.266. The topological polar surface area (TPSA) is 78.5 Å². The Morgan fingerprint density at radius 3 is 2.20 bits per heavy atom. The second kappa shape index (κ2) is 11.6. The van der Waals surface area contributed by atoms with Gasteiger partial charge in [-0.2, -0.15) is 0 Å². The number of hydrogen-bond donors (Lipinski definition) is 2. The Hall–Kier alpha value is -4.75. The Morgan fingerprint density at radius 1 is 0.870 bits per heavy atom. The highest BCUT2D eigenvalue weighted by Crippen LogP contribution is 2.59. The lowest BCUT2D eigenvalue weighted by molar-refractivity contribution is -0.117. The maximum absolute atomic E-state index is 13.7. The average molecular weight is 616 g/mol. The third-order valence-electron chi connectivity index (χ3n) is 10.2. The van der Waals surface area contributed by atoms with Crippen LogP contribution in [0.4, 0.5) is 11.4 Å². The summed E-state index contributed by atoms with van der Waals surface area (Å²) in [5.74, 6) is -0.295. The summed E-state index contributed by atoms with van der Waals surface area (Å²) in [7, 11) is 0. The summed E-state index contributed by atoms with van der Waals surface area (Å²) in [5, 5.41) is 6.00. The molecule has 2 aromatic rings. The summed E-state index contributed by atoms with van der Waals surface area (Å²) in [4.78, 5) is 40.0. The molecule has 1 saturated carbocycles. The smallest absolute Gasteiger partial charge is 0.248 e. The SMILES string of the molecule is C=CC(=O)NCCN1C(=CC=C2CCC(=CC=C3C(C)(C)c4ccccc4[N+]34CC4NC(=O)C=C)C2=O)C(C)(C)c2ccccc21. The monoisotopic (exact) mass is 615 g/mol. The third-order valence-corrected chi connectivity index (χ3v) is 10.2. The Kier molecular flexibility index (Phi) is 7.85. The second-order valence-electron chi connectivity index (χ2n) is 13.5. The maximum atomic E-state index is 13.7. The number of amides is 2. The van der Waals surface area contributed by atoms with Crippen molar-refractivity contribution in [2.45, 2.75) is 57.5 Å². The Bertz CT molecular complexity index is 1790. The average Bonchev–Trinajstić information content (AvgIpc) is 3.50. The molecule has 0 aromatic heterocycles. The molecule has 1 aliphatic carbocycles. The molecular formula is C39H43N4O3+. The number of ketones is 1. The quantitative estimate of drug-likeness (QED) is 0.217. The molecule has 2 atom stereocenters. The Balaban J connectivity index is 1.29. The normalized spacial score (nSPS) is 26.9. The van der Waals surface area contributed by atoms with Crippen LogP contribution in [-0.2, 0) is 25.2 Å².